The molecule has 4 nitrogen and oxygen atoms in total. The van der Waals surface area contributed by atoms with E-state index in [4.69, 9.17) is 17.0 Å². The fraction of sp³-hybridized carbons (Fsp3) is 0.467. The summed E-state index contributed by atoms with van der Waals surface area (Å²) in [6.45, 7) is 5.79. The smallest absolute Gasteiger partial charge is 0.169 e. The molecule has 2 rings (SSSR count). The zero-order valence-corrected chi connectivity index (χ0v) is 12.4. The molecule has 1 atom stereocenters. The van der Waals surface area contributed by atoms with Crippen LogP contribution in [0.4, 0.5) is 0 Å². The molecular weight excluding hydrogens is 270 g/mol. The molecule has 1 unspecified atom stereocenters. The first-order valence-electron chi connectivity index (χ1n) is 7.00. The van der Waals surface area contributed by atoms with E-state index >= 15 is 0 Å². The van der Waals surface area contributed by atoms with Crippen molar-refractivity contribution in [2.24, 2.45) is 0 Å². The van der Waals surface area contributed by atoms with Gasteiger partial charge in [-0.15, -0.1) is 0 Å². The molecule has 108 valence electrons. The minimum absolute atomic E-state index is 0.331. The molecule has 1 aromatic heterocycles. The lowest BCUT2D eigenvalue weighted by Crippen LogP contribution is -2.45. The molecule has 0 saturated carbocycles. The minimum atomic E-state index is 0.331. The van der Waals surface area contributed by atoms with Crippen molar-refractivity contribution in [3.63, 3.8) is 0 Å². The third-order valence-electron chi connectivity index (χ3n) is 3.45. The van der Waals surface area contributed by atoms with Crippen molar-refractivity contribution in [1.82, 2.24) is 15.2 Å². The topological polar surface area (TPSA) is 37.4 Å². The zero-order valence-electron chi connectivity index (χ0n) is 11.6. The first kappa shape index (κ1) is 14.8. The van der Waals surface area contributed by atoms with Crippen molar-refractivity contribution in [2.75, 3.05) is 19.7 Å². The van der Waals surface area contributed by atoms with Crippen LogP contribution in [-0.4, -0.2) is 34.7 Å². The summed E-state index contributed by atoms with van der Waals surface area (Å²) in [7, 11) is 0. The van der Waals surface area contributed by atoms with E-state index in [-0.39, 0.29) is 0 Å². The van der Waals surface area contributed by atoms with Crippen LogP contribution in [0.3, 0.4) is 0 Å². The number of nitrogens with one attached hydrogen (secondary N) is 1. The van der Waals surface area contributed by atoms with Crippen LogP contribution in [0.1, 0.15) is 30.9 Å². The Morgan fingerprint density at radius 2 is 2.50 bits per heavy atom. The second kappa shape index (κ2) is 7.85. The monoisotopic (exact) mass is 291 g/mol. The Bertz CT molecular complexity index is 438. The number of pyridine rings is 1. The quantitative estimate of drug-likeness (QED) is 0.513. The van der Waals surface area contributed by atoms with Crippen LogP contribution in [0.2, 0.25) is 0 Å². The van der Waals surface area contributed by atoms with Gasteiger partial charge in [0.2, 0.25) is 0 Å². The summed E-state index contributed by atoms with van der Waals surface area (Å²) in [6.07, 6.45) is 8.73. The van der Waals surface area contributed by atoms with Crippen LogP contribution in [-0.2, 0) is 4.74 Å². The van der Waals surface area contributed by atoms with E-state index in [1.807, 2.05) is 12.3 Å². The van der Waals surface area contributed by atoms with Crippen molar-refractivity contribution in [3.8, 4) is 0 Å². The van der Waals surface area contributed by atoms with Gasteiger partial charge in [0.15, 0.2) is 5.11 Å². The second-order valence-electron chi connectivity index (χ2n) is 4.76. The van der Waals surface area contributed by atoms with Crippen molar-refractivity contribution >= 4 is 17.3 Å². The Hall–Kier alpha value is -1.62. The van der Waals surface area contributed by atoms with Gasteiger partial charge in [-0.05, 0) is 43.1 Å². The molecule has 20 heavy (non-hydrogen) atoms. The van der Waals surface area contributed by atoms with E-state index in [0.717, 1.165) is 18.1 Å². The van der Waals surface area contributed by atoms with Crippen molar-refractivity contribution in [2.45, 2.75) is 25.3 Å². The van der Waals surface area contributed by atoms with E-state index < -0.39 is 0 Å². The minimum Gasteiger partial charge on any atom is -0.500 e. The Kier molecular flexibility index (Phi) is 5.80. The summed E-state index contributed by atoms with van der Waals surface area (Å²) in [4.78, 5) is 6.49. The summed E-state index contributed by atoms with van der Waals surface area (Å²) >= 11 is 5.51. The van der Waals surface area contributed by atoms with Crippen molar-refractivity contribution in [3.05, 3.63) is 42.9 Å². The third-order valence-corrected chi connectivity index (χ3v) is 3.83. The molecule has 0 amide bonds. The second-order valence-corrected chi connectivity index (χ2v) is 5.15. The fourth-order valence-electron chi connectivity index (χ4n) is 2.50. The maximum absolute atomic E-state index is 5.51. The number of piperidine rings is 1. The van der Waals surface area contributed by atoms with Gasteiger partial charge < -0.3 is 15.0 Å². The Morgan fingerprint density at radius 1 is 1.60 bits per heavy atom. The van der Waals surface area contributed by atoms with Crippen LogP contribution >= 0.6 is 12.2 Å². The van der Waals surface area contributed by atoms with Gasteiger partial charge in [0.05, 0.1) is 18.8 Å². The molecule has 1 aromatic rings. The van der Waals surface area contributed by atoms with Crippen LogP contribution in [0.25, 0.3) is 0 Å². The number of aromatic nitrogens is 1. The number of ether oxygens (including phenoxy) is 1. The highest BCUT2D eigenvalue weighted by Crippen LogP contribution is 2.30. The molecular formula is C15H21N3OS. The van der Waals surface area contributed by atoms with E-state index in [1.165, 1.54) is 24.7 Å². The molecule has 2 heterocycles. The molecule has 1 fully saturated rings. The molecule has 1 aliphatic rings. The molecule has 0 aromatic carbocycles. The highest BCUT2D eigenvalue weighted by molar-refractivity contribution is 7.80. The van der Waals surface area contributed by atoms with E-state index in [0.29, 0.717) is 19.2 Å². The normalized spacial score (nSPS) is 18.4. The number of hydrogen-bond donors (Lipinski definition) is 1. The van der Waals surface area contributed by atoms with Gasteiger partial charge in [-0.25, -0.2) is 0 Å². The van der Waals surface area contributed by atoms with Gasteiger partial charge >= 0.3 is 0 Å². The van der Waals surface area contributed by atoms with Crippen LogP contribution < -0.4 is 5.32 Å². The summed E-state index contributed by atoms with van der Waals surface area (Å²) in [5.74, 6) is 0. The SMILES string of the molecule is C=COCCNC(=S)N1CCCCC1c1cccnc1. The zero-order chi connectivity index (χ0) is 14.2. The maximum atomic E-state index is 5.51. The predicted octanol–water partition coefficient (Wildman–Crippen LogP) is 2.64. The third kappa shape index (κ3) is 3.93. The average molecular weight is 291 g/mol. The summed E-state index contributed by atoms with van der Waals surface area (Å²) in [5.41, 5.74) is 1.23. The van der Waals surface area contributed by atoms with Crippen LogP contribution in [0.15, 0.2) is 37.4 Å². The molecule has 0 spiro atoms. The number of hydrogen-bond acceptors (Lipinski definition) is 3. The van der Waals surface area contributed by atoms with Gasteiger partial charge in [0, 0.05) is 18.9 Å². The maximum Gasteiger partial charge on any atom is 0.169 e. The van der Waals surface area contributed by atoms with E-state index in [9.17, 15) is 0 Å². The van der Waals surface area contributed by atoms with Gasteiger partial charge in [0.1, 0.15) is 6.61 Å². The van der Waals surface area contributed by atoms with Gasteiger partial charge in [-0.2, -0.15) is 0 Å². The number of thiocarbonyl (C=S) groups is 1. The fourth-order valence-corrected chi connectivity index (χ4v) is 2.82. The number of likely N-dealkylation sites (tertiary alicyclic amines) is 1. The molecule has 1 saturated heterocycles. The van der Waals surface area contributed by atoms with Crippen LogP contribution in [0.5, 0.6) is 0 Å². The molecule has 0 aliphatic carbocycles. The number of nitrogens with zero attached hydrogens (tertiary/aromatic N) is 2. The van der Waals surface area contributed by atoms with Gasteiger partial charge in [0.25, 0.3) is 0 Å². The molecule has 5 heteroatoms. The van der Waals surface area contributed by atoms with Crippen LogP contribution in [0, 0.1) is 0 Å². The first-order chi connectivity index (χ1) is 9.83. The first-order valence-corrected chi connectivity index (χ1v) is 7.40. The standard InChI is InChI=1S/C15H21N3OS/c1-2-19-11-9-17-15(20)18-10-4-3-7-14(18)13-6-5-8-16-12-13/h2,5-6,8,12,14H,1,3-4,7,9-11H2,(H,17,20). The molecule has 0 radical (unpaired) electrons. The lowest BCUT2D eigenvalue weighted by Gasteiger charge is -2.37. The van der Waals surface area contributed by atoms with E-state index in [2.05, 4.69) is 27.8 Å². The van der Waals surface area contributed by atoms with Gasteiger partial charge in [-0.3, -0.25) is 4.98 Å². The van der Waals surface area contributed by atoms with Crippen molar-refractivity contribution < 1.29 is 4.74 Å². The lowest BCUT2D eigenvalue weighted by atomic mass is 9.97. The highest BCUT2D eigenvalue weighted by atomic mass is 32.1. The molecule has 1 aliphatic heterocycles. The number of rotatable bonds is 5. The molecule has 0 bridgehead atoms. The predicted molar refractivity (Wildman–Crippen MR) is 84.3 cm³/mol. The highest BCUT2D eigenvalue weighted by Gasteiger charge is 2.25. The van der Waals surface area contributed by atoms with E-state index in [1.54, 1.807) is 6.20 Å². The van der Waals surface area contributed by atoms with Crippen molar-refractivity contribution in [1.29, 1.82) is 0 Å². The lowest BCUT2D eigenvalue weighted by molar-refractivity contribution is 0.232. The summed E-state index contributed by atoms with van der Waals surface area (Å²) < 4.78 is 5.10. The Labute approximate surface area is 125 Å². The molecule has 1 N–H and O–H groups in total. The summed E-state index contributed by atoms with van der Waals surface area (Å²) in [6, 6.07) is 4.44. The Balaban J connectivity index is 1.96. The summed E-state index contributed by atoms with van der Waals surface area (Å²) in [5, 5.41) is 4.05. The largest absolute Gasteiger partial charge is 0.500 e. The average Bonchev–Trinajstić information content (AvgIpc) is 2.52. The van der Waals surface area contributed by atoms with Gasteiger partial charge in [-0.1, -0.05) is 12.6 Å². The Morgan fingerprint density at radius 3 is 3.25 bits per heavy atom.